The molecule has 0 unspecified atom stereocenters. The summed E-state index contributed by atoms with van der Waals surface area (Å²) in [5.41, 5.74) is 0.559. The van der Waals surface area contributed by atoms with Gasteiger partial charge in [-0.15, -0.1) is 0 Å². The van der Waals surface area contributed by atoms with Gasteiger partial charge >= 0.3 is 0 Å². The summed E-state index contributed by atoms with van der Waals surface area (Å²) < 4.78 is 26.3. The van der Waals surface area contributed by atoms with E-state index in [0.29, 0.717) is 17.2 Å². The fraction of sp³-hybridized carbons (Fsp3) is 0.286. The van der Waals surface area contributed by atoms with E-state index in [0.717, 1.165) is 4.90 Å². The van der Waals surface area contributed by atoms with Crippen LogP contribution in [0.3, 0.4) is 0 Å². The molecule has 10 heteroatoms. The van der Waals surface area contributed by atoms with Crippen molar-refractivity contribution in [2.24, 2.45) is 0 Å². The minimum absolute atomic E-state index is 0.0110. The molecule has 0 fully saturated rings. The molecule has 31 heavy (non-hydrogen) atoms. The van der Waals surface area contributed by atoms with Crippen molar-refractivity contribution in [3.05, 3.63) is 29.8 Å². The minimum Gasteiger partial charge on any atom is -0.497 e. The Kier molecular flexibility index (Phi) is 6.19. The van der Waals surface area contributed by atoms with Crippen molar-refractivity contribution in [2.45, 2.75) is 0 Å². The van der Waals surface area contributed by atoms with Gasteiger partial charge in [0.05, 0.1) is 52.5 Å². The molecule has 0 atom stereocenters. The summed E-state index contributed by atoms with van der Waals surface area (Å²) in [6.07, 6.45) is 0. The van der Waals surface area contributed by atoms with Gasteiger partial charge in [-0.1, -0.05) is 0 Å². The first-order valence-corrected chi connectivity index (χ1v) is 9.11. The Labute approximate surface area is 178 Å². The average Bonchev–Trinajstić information content (AvgIpc) is 3.01. The van der Waals surface area contributed by atoms with Crippen molar-refractivity contribution in [1.82, 2.24) is 0 Å². The molecule has 1 N–H and O–H groups in total. The quantitative estimate of drug-likeness (QED) is 0.632. The summed E-state index contributed by atoms with van der Waals surface area (Å²) in [6.45, 7) is -0.420. The largest absolute Gasteiger partial charge is 0.497 e. The average molecular weight is 430 g/mol. The van der Waals surface area contributed by atoms with Crippen molar-refractivity contribution >= 4 is 29.0 Å². The van der Waals surface area contributed by atoms with E-state index in [4.69, 9.17) is 23.7 Å². The van der Waals surface area contributed by atoms with Gasteiger partial charge < -0.3 is 29.0 Å². The number of ether oxygens (including phenoxy) is 5. The van der Waals surface area contributed by atoms with Gasteiger partial charge in [0.25, 0.3) is 11.7 Å². The first-order chi connectivity index (χ1) is 14.9. The van der Waals surface area contributed by atoms with Crippen molar-refractivity contribution in [3.63, 3.8) is 0 Å². The van der Waals surface area contributed by atoms with Crippen LogP contribution in [0, 0.1) is 0 Å². The van der Waals surface area contributed by atoms with Crippen molar-refractivity contribution in [1.29, 1.82) is 0 Å². The van der Waals surface area contributed by atoms with Crippen LogP contribution in [0.25, 0.3) is 0 Å². The summed E-state index contributed by atoms with van der Waals surface area (Å²) in [4.78, 5) is 39.1. The highest BCUT2D eigenvalue weighted by molar-refractivity contribution is 6.53. The highest BCUT2D eigenvalue weighted by atomic mass is 16.5. The molecule has 2 aromatic carbocycles. The molecule has 0 radical (unpaired) electrons. The lowest BCUT2D eigenvalue weighted by Crippen LogP contribution is -2.37. The van der Waals surface area contributed by atoms with Crippen LogP contribution < -0.4 is 33.9 Å². The molecule has 164 valence electrons. The zero-order valence-corrected chi connectivity index (χ0v) is 17.7. The number of ketones is 1. The Morgan fingerprint density at radius 3 is 2.13 bits per heavy atom. The second kappa shape index (κ2) is 8.82. The standard InChI is InChI=1S/C21H22N2O8/c1-27-11-6-7-14(28-2)12(8-11)22-16(24)10-23-13-9-15(29-3)19(30-4)20(31-5)17(13)18(25)21(23)26/h6-9H,10H2,1-5H3,(H,22,24). The SMILES string of the molecule is COc1ccc(OC)c(NC(=O)CN2C(=O)C(=O)c3c2cc(OC)c(OC)c3OC)c1. The third-order valence-electron chi connectivity index (χ3n) is 4.75. The van der Waals surface area contributed by atoms with Crippen LogP contribution in [0.5, 0.6) is 28.7 Å². The van der Waals surface area contributed by atoms with Crippen LogP contribution in [0.4, 0.5) is 11.4 Å². The van der Waals surface area contributed by atoms with E-state index in [2.05, 4.69) is 5.32 Å². The Morgan fingerprint density at radius 1 is 0.871 bits per heavy atom. The van der Waals surface area contributed by atoms with Gasteiger partial charge in [-0.05, 0) is 12.1 Å². The van der Waals surface area contributed by atoms with E-state index < -0.39 is 24.1 Å². The summed E-state index contributed by atoms with van der Waals surface area (Å²) in [6, 6.07) is 6.35. The summed E-state index contributed by atoms with van der Waals surface area (Å²) >= 11 is 0. The molecule has 0 spiro atoms. The number of benzene rings is 2. The molecular weight excluding hydrogens is 408 g/mol. The minimum atomic E-state index is -0.864. The molecule has 1 aliphatic rings. The molecule has 0 aliphatic carbocycles. The lowest BCUT2D eigenvalue weighted by Gasteiger charge is -2.19. The molecule has 2 aromatic rings. The Morgan fingerprint density at radius 2 is 1.55 bits per heavy atom. The maximum Gasteiger partial charge on any atom is 0.300 e. The van der Waals surface area contributed by atoms with E-state index in [1.165, 1.54) is 41.6 Å². The lowest BCUT2D eigenvalue weighted by molar-refractivity contribution is -0.118. The maximum absolute atomic E-state index is 12.7. The molecule has 10 nitrogen and oxygen atoms in total. The summed E-state index contributed by atoms with van der Waals surface area (Å²) in [5, 5.41) is 2.67. The number of methoxy groups -OCH3 is 5. The number of carbonyl (C=O) groups is 3. The number of hydrogen-bond donors (Lipinski definition) is 1. The van der Waals surface area contributed by atoms with E-state index in [-0.39, 0.29) is 28.5 Å². The van der Waals surface area contributed by atoms with Crippen molar-refractivity contribution < 1.29 is 38.1 Å². The topological polar surface area (TPSA) is 113 Å². The number of fused-ring (bicyclic) bond motifs is 1. The van der Waals surface area contributed by atoms with Crippen LogP contribution in [0.2, 0.25) is 0 Å². The van der Waals surface area contributed by atoms with Crippen molar-refractivity contribution in [2.75, 3.05) is 52.3 Å². The highest BCUT2D eigenvalue weighted by Gasteiger charge is 2.42. The van der Waals surface area contributed by atoms with Gasteiger partial charge in [-0.2, -0.15) is 0 Å². The fourth-order valence-electron chi connectivity index (χ4n) is 3.32. The summed E-state index contributed by atoms with van der Waals surface area (Å²) in [5.74, 6) is -0.808. The van der Waals surface area contributed by atoms with Crippen LogP contribution in [0.1, 0.15) is 10.4 Å². The number of anilines is 2. The molecule has 1 heterocycles. The van der Waals surface area contributed by atoms with Crippen LogP contribution in [-0.2, 0) is 9.59 Å². The number of nitrogens with one attached hydrogen (secondary N) is 1. The van der Waals surface area contributed by atoms with Gasteiger partial charge in [0.2, 0.25) is 11.7 Å². The van der Waals surface area contributed by atoms with E-state index in [9.17, 15) is 14.4 Å². The molecular formula is C21H22N2O8. The Balaban J connectivity index is 1.95. The second-order valence-electron chi connectivity index (χ2n) is 6.37. The lowest BCUT2D eigenvalue weighted by atomic mass is 10.1. The molecule has 0 saturated heterocycles. The van der Waals surface area contributed by atoms with Crippen LogP contribution in [-0.4, -0.2) is 59.7 Å². The third kappa shape index (κ3) is 3.79. The Bertz CT molecular complexity index is 1050. The number of nitrogens with zero attached hydrogens (tertiary/aromatic N) is 1. The number of amides is 2. The second-order valence-corrected chi connectivity index (χ2v) is 6.37. The monoisotopic (exact) mass is 430 g/mol. The molecule has 3 rings (SSSR count). The smallest absolute Gasteiger partial charge is 0.300 e. The normalized spacial score (nSPS) is 12.4. The predicted octanol–water partition coefficient (Wildman–Crippen LogP) is 1.90. The van der Waals surface area contributed by atoms with Crippen LogP contribution >= 0.6 is 0 Å². The van der Waals surface area contributed by atoms with Gasteiger partial charge in [0, 0.05) is 12.1 Å². The van der Waals surface area contributed by atoms with Crippen LogP contribution in [0.15, 0.2) is 24.3 Å². The fourth-order valence-corrected chi connectivity index (χ4v) is 3.32. The number of carbonyl (C=O) groups excluding carboxylic acids is 3. The highest BCUT2D eigenvalue weighted by Crippen LogP contribution is 2.48. The zero-order chi connectivity index (χ0) is 22.7. The third-order valence-corrected chi connectivity index (χ3v) is 4.75. The molecule has 0 aromatic heterocycles. The number of Topliss-reactive ketones (excluding diaryl/α,β-unsaturated/α-hetero) is 1. The molecule has 0 saturated carbocycles. The maximum atomic E-state index is 12.7. The zero-order valence-electron chi connectivity index (χ0n) is 17.7. The van der Waals surface area contributed by atoms with Crippen molar-refractivity contribution in [3.8, 4) is 28.7 Å². The van der Waals surface area contributed by atoms with Gasteiger partial charge in [0.1, 0.15) is 18.0 Å². The number of hydrogen-bond acceptors (Lipinski definition) is 8. The van der Waals surface area contributed by atoms with Gasteiger partial charge in [0.15, 0.2) is 11.5 Å². The molecule has 1 aliphatic heterocycles. The number of rotatable bonds is 8. The molecule has 2 amide bonds. The first-order valence-electron chi connectivity index (χ1n) is 9.11. The molecule has 0 bridgehead atoms. The van der Waals surface area contributed by atoms with E-state index >= 15 is 0 Å². The Hall–Kier alpha value is -3.95. The van der Waals surface area contributed by atoms with Gasteiger partial charge in [-0.25, -0.2) is 0 Å². The van der Waals surface area contributed by atoms with Gasteiger partial charge in [-0.3, -0.25) is 19.3 Å². The van der Waals surface area contributed by atoms with E-state index in [1.54, 1.807) is 18.2 Å². The van der Waals surface area contributed by atoms with E-state index in [1.807, 2.05) is 0 Å². The summed E-state index contributed by atoms with van der Waals surface area (Å²) in [7, 11) is 7.10. The first kappa shape index (κ1) is 21.8. The predicted molar refractivity (Wildman–Crippen MR) is 111 cm³/mol.